The van der Waals surface area contributed by atoms with Crippen molar-refractivity contribution in [3.63, 3.8) is 0 Å². The van der Waals surface area contributed by atoms with Gasteiger partial charge in [0.15, 0.2) is 5.69 Å². The molecule has 2 rings (SSSR count). The number of aryl methyl sites for hydroxylation is 3. The molecule has 0 unspecified atom stereocenters. The lowest BCUT2D eigenvalue weighted by atomic mass is 10.1. The van der Waals surface area contributed by atoms with E-state index >= 15 is 0 Å². The van der Waals surface area contributed by atoms with Crippen molar-refractivity contribution in [2.45, 2.75) is 27.3 Å². The van der Waals surface area contributed by atoms with Gasteiger partial charge in [0.25, 0.3) is 0 Å². The smallest absolute Gasteiger partial charge is 0.356 e. The number of ether oxygens (including phenoxy) is 1. The Morgan fingerprint density at radius 3 is 2.40 bits per heavy atom. The first kappa shape index (κ1) is 14.1. The van der Waals surface area contributed by atoms with E-state index in [1.54, 1.807) is 10.7 Å². The fraction of sp³-hybridized carbons (Fsp3) is 0.333. The van der Waals surface area contributed by atoms with Crippen LogP contribution in [0.3, 0.4) is 0 Å². The number of benzene rings is 1. The Labute approximate surface area is 117 Å². The van der Waals surface area contributed by atoms with Crippen LogP contribution in [0.4, 0.5) is 0 Å². The molecular formula is C15H18N2O3. The Hall–Kier alpha value is -2.30. The second-order valence-corrected chi connectivity index (χ2v) is 4.87. The fourth-order valence-electron chi connectivity index (χ4n) is 2.11. The van der Waals surface area contributed by atoms with E-state index in [4.69, 9.17) is 9.84 Å². The highest BCUT2D eigenvalue weighted by Crippen LogP contribution is 2.16. The molecule has 0 saturated carbocycles. The fourth-order valence-corrected chi connectivity index (χ4v) is 2.11. The highest BCUT2D eigenvalue weighted by molar-refractivity contribution is 5.85. The molecule has 0 saturated heterocycles. The average molecular weight is 274 g/mol. The van der Waals surface area contributed by atoms with E-state index in [-0.39, 0.29) is 5.69 Å². The molecule has 20 heavy (non-hydrogen) atoms. The lowest BCUT2D eigenvalue weighted by Gasteiger charge is -2.09. The summed E-state index contributed by atoms with van der Waals surface area (Å²) in [6.45, 7) is 6.85. The van der Waals surface area contributed by atoms with Crippen LogP contribution >= 0.6 is 0 Å². The molecule has 0 spiro atoms. The zero-order valence-electron chi connectivity index (χ0n) is 11.9. The lowest BCUT2D eigenvalue weighted by molar-refractivity contribution is 0.0689. The van der Waals surface area contributed by atoms with E-state index in [9.17, 15) is 4.79 Å². The van der Waals surface area contributed by atoms with E-state index in [1.807, 2.05) is 32.9 Å². The van der Waals surface area contributed by atoms with E-state index in [2.05, 4.69) is 11.2 Å². The van der Waals surface area contributed by atoms with Gasteiger partial charge in [-0.3, -0.25) is 4.68 Å². The summed E-state index contributed by atoms with van der Waals surface area (Å²) in [5.41, 5.74) is 3.19. The number of carbonyl (C=O) groups is 1. The number of aromatic carboxylic acids is 1. The lowest BCUT2D eigenvalue weighted by Crippen LogP contribution is -2.11. The largest absolute Gasteiger partial charge is 0.492 e. The summed E-state index contributed by atoms with van der Waals surface area (Å²) in [7, 11) is 0. The second kappa shape index (κ2) is 5.77. The van der Waals surface area contributed by atoms with Crippen molar-refractivity contribution in [1.29, 1.82) is 0 Å². The number of carboxylic acid groups (broad SMARTS) is 1. The average Bonchev–Trinajstić information content (AvgIpc) is 2.70. The molecule has 1 N–H and O–H groups in total. The molecule has 2 aromatic rings. The summed E-state index contributed by atoms with van der Waals surface area (Å²) in [6.07, 6.45) is 0. The first-order valence-corrected chi connectivity index (χ1v) is 6.44. The topological polar surface area (TPSA) is 64.4 Å². The molecule has 0 aliphatic carbocycles. The minimum Gasteiger partial charge on any atom is -0.492 e. The molecule has 5 nitrogen and oxygen atoms in total. The number of carboxylic acids is 1. The van der Waals surface area contributed by atoms with E-state index < -0.39 is 5.97 Å². The zero-order chi connectivity index (χ0) is 14.7. The quantitative estimate of drug-likeness (QED) is 0.910. The number of aromatic nitrogens is 2. The van der Waals surface area contributed by atoms with Gasteiger partial charge in [-0.1, -0.05) is 6.07 Å². The minimum absolute atomic E-state index is 0.0638. The molecular weight excluding hydrogens is 256 g/mol. The van der Waals surface area contributed by atoms with Crippen LogP contribution < -0.4 is 4.74 Å². The Morgan fingerprint density at radius 1 is 1.20 bits per heavy atom. The highest BCUT2D eigenvalue weighted by atomic mass is 16.5. The normalized spacial score (nSPS) is 10.6. The third-order valence-corrected chi connectivity index (χ3v) is 2.97. The van der Waals surface area contributed by atoms with Gasteiger partial charge in [-0.2, -0.15) is 5.10 Å². The summed E-state index contributed by atoms with van der Waals surface area (Å²) in [4.78, 5) is 10.8. The van der Waals surface area contributed by atoms with Crippen molar-refractivity contribution < 1.29 is 14.6 Å². The van der Waals surface area contributed by atoms with Crippen molar-refractivity contribution in [2.75, 3.05) is 6.61 Å². The Balaban J connectivity index is 1.97. The number of hydrogen-bond donors (Lipinski definition) is 1. The molecule has 1 heterocycles. The maximum atomic E-state index is 10.8. The molecule has 0 atom stereocenters. The van der Waals surface area contributed by atoms with Gasteiger partial charge in [0.1, 0.15) is 12.4 Å². The third-order valence-electron chi connectivity index (χ3n) is 2.97. The number of rotatable bonds is 5. The van der Waals surface area contributed by atoms with Gasteiger partial charge in [-0.15, -0.1) is 0 Å². The summed E-state index contributed by atoms with van der Waals surface area (Å²) in [6, 6.07) is 7.60. The first-order valence-electron chi connectivity index (χ1n) is 6.44. The van der Waals surface area contributed by atoms with Crippen LogP contribution in [0.15, 0.2) is 24.3 Å². The van der Waals surface area contributed by atoms with E-state index in [0.29, 0.717) is 13.2 Å². The van der Waals surface area contributed by atoms with Crippen LogP contribution in [-0.2, 0) is 6.54 Å². The van der Waals surface area contributed by atoms with Crippen molar-refractivity contribution in [2.24, 2.45) is 0 Å². The van der Waals surface area contributed by atoms with Crippen molar-refractivity contribution in [3.05, 3.63) is 46.8 Å². The van der Waals surface area contributed by atoms with Crippen LogP contribution in [0.5, 0.6) is 5.75 Å². The molecule has 5 heteroatoms. The molecule has 0 bridgehead atoms. The molecule has 0 aliphatic rings. The van der Waals surface area contributed by atoms with Gasteiger partial charge >= 0.3 is 5.97 Å². The number of nitrogens with zero attached hydrogens (tertiary/aromatic N) is 2. The van der Waals surface area contributed by atoms with Gasteiger partial charge < -0.3 is 9.84 Å². The minimum atomic E-state index is -1.01. The Morgan fingerprint density at radius 2 is 1.85 bits per heavy atom. The Bertz CT molecular complexity index is 612. The summed E-state index contributed by atoms with van der Waals surface area (Å²) < 4.78 is 7.33. The van der Waals surface area contributed by atoms with Crippen LogP contribution in [0.1, 0.15) is 27.3 Å². The molecule has 0 amide bonds. The maximum absolute atomic E-state index is 10.8. The summed E-state index contributed by atoms with van der Waals surface area (Å²) >= 11 is 0. The van der Waals surface area contributed by atoms with Crippen LogP contribution in [0, 0.1) is 20.8 Å². The van der Waals surface area contributed by atoms with Crippen molar-refractivity contribution in [1.82, 2.24) is 9.78 Å². The van der Waals surface area contributed by atoms with Crippen LogP contribution in [0.2, 0.25) is 0 Å². The van der Waals surface area contributed by atoms with Gasteiger partial charge in [0, 0.05) is 5.69 Å². The third kappa shape index (κ3) is 3.38. The van der Waals surface area contributed by atoms with Gasteiger partial charge in [0.2, 0.25) is 0 Å². The second-order valence-electron chi connectivity index (χ2n) is 4.87. The van der Waals surface area contributed by atoms with Crippen molar-refractivity contribution in [3.8, 4) is 5.75 Å². The summed E-state index contributed by atoms with van der Waals surface area (Å²) in [5.74, 6) is -0.187. The monoisotopic (exact) mass is 274 g/mol. The van der Waals surface area contributed by atoms with Crippen molar-refractivity contribution >= 4 is 5.97 Å². The SMILES string of the molecule is Cc1cc(C)cc(OCCn2nc(C(=O)O)cc2C)c1. The molecule has 0 fully saturated rings. The van der Waals surface area contributed by atoms with Gasteiger partial charge in [-0.05, 0) is 50.1 Å². The van der Waals surface area contributed by atoms with Gasteiger partial charge in [-0.25, -0.2) is 4.79 Å². The predicted molar refractivity (Wildman–Crippen MR) is 75.3 cm³/mol. The molecule has 1 aromatic carbocycles. The molecule has 0 aliphatic heterocycles. The number of hydrogen-bond acceptors (Lipinski definition) is 3. The summed E-state index contributed by atoms with van der Waals surface area (Å²) in [5, 5.41) is 12.9. The Kier molecular flexibility index (Phi) is 4.08. The molecule has 0 radical (unpaired) electrons. The standard InChI is InChI=1S/C15H18N2O3/c1-10-6-11(2)8-13(7-10)20-5-4-17-12(3)9-14(16-17)15(18)19/h6-9H,4-5H2,1-3H3,(H,18,19). The maximum Gasteiger partial charge on any atom is 0.356 e. The van der Waals surface area contributed by atoms with E-state index in [1.165, 1.54) is 0 Å². The van der Waals surface area contributed by atoms with Crippen LogP contribution in [-0.4, -0.2) is 27.5 Å². The zero-order valence-corrected chi connectivity index (χ0v) is 11.9. The molecule has 106 valence electrons. The first-order chi connectivity index (χ1) is 9.45. The van der Waals surface area contributed by atoms with Gasteiger partial charge in [0.05, 0.1) is 6.54 Å². The molecule has 1 aromatic heterocycles. The predicted octanol–water partition coefficient (Wildman–Crippen LogP) is 2.59. The highest BCUT2D eigenvalue weighted by Gasteiger charge is 2.10. The van der Waals surface area contributed by atoms with E-state index in [0.717, 1.165) is 22.6 Å². The van der Waals surface area contributed by atoms with Crippen LogP contribution in [0.25, 0.3) is 0 Å².